The van der Waals surface area contributed by atoms with E-state index in [2.05, 4.69) is 0 Å². The van der Waals surface area contributed by atoms with Crippen LogP contribution >= 0.6 is 11.8 Å². The van der Waals surface area contributed by atoms with Crippen molar-refractivity contribution >= 4 is 17.7 Å². The van der Waals surface area contributed by atoms with Gasteiger partial charge in [0.2, 0.25) is 0 Å². The van der Waals surface area contributed by atoms with Crippen molar-refractivity contribution in [1.82, 2.24) is 0 Å². The third kappa shape index (κ3) is 3.01. The third-order valence-corrected chi connectivity index (χ3v) is 3.19. The standard InChI is InChI=1S/C13H10O3S/c14-10-3-7-12(8-4-10)17-11-5-1-9(2-6-11)13(15)16/h1-8,14H,(H,15,16). The molecule has 4 heteroatoms. The summed E-state index contributed by atoms with van der Waals surface area (Å²) in [5.74, 6) is -0.693. The van der Waals surface area contributed by atoms with Crippen molar-refractivity contribution in [3.05, 3.63) is 54.1 Å². The Morgan fingerprint density at radius 3 is 1.82 bits per heavy atom. The van der Waals surface area contributed by atoms with Crippen molar-refractivity contribution in [1.29, 1.82) is 0 Å². The van der Waals surface area contributed by atoms with E-state index in [-0.39, 0.29) is 11.3 Å². The van der Waals surface area contributed by atoms with E-state index < -0.39 is 5.97 Å². The zero-order valence-electron chi connectivity index (χ0n) is 8.83. The maximum absolute atomic E-state index is 10.7. The van der Waals surface area contributed by atoms with Gasteiger partial charge in [0, 0.05) is 9.79 Å². The molecule has 3 nitrogen and oxygen atoms in total. The lowest BCUT2D eigenvalue weighted by Crippen LogP contribution is -1.94. The number of rotatable bonds is 3. The van der Waals surface area contributed by atoms with Gasteiger partial charge in [-0.1, -0.05) is 11.8 Å². The quantitative estimate of drug-likeness (QED) is 0.872. The fraction of sp³-hybridized carbons (Fsp3) is 0. The Bertz CT molecular complexity index is 517. The molecule has 0 fully saturated rings. The summed E-state index contributed by atoms with van der Waals surface area (Å²) in [7, 11) is 0. The predicted octanol–water partition coefficient (Wildman–Crippen LogP) is 3.24. The van der Waals surface area contributed by atoms with Crippen LogP contribution in [0.5, 0.6) is 5.75 Å². The molecule has 0 aromatic heterocycles. The lowest BCUT2D eigenvalue weighted by atomic mass is 10.2. The molecule has 0 spiro atoms. The van der Waals surface area contributed by atoms with Gasteiger partial charge in [0.25, 0.3) is 0 Å². The molecule has 0 aliphatic heterocycles. The van der Waals surface area contributed by atoms with Crippen LogP contribution in [0.1, 0.15) is 10.4 Å². The Morgan fingerprint density at radius 1 is 0.882 bits per heavy atom. The molecule has 0 radical (unpaired) electrons. The number of hydrogen-bond donors (Lipinski definition) is 2. The second-order valence-corrected chi connectivity index (χ2v) is 4.57. The Kier molecular flexibility index (Phi) is 3.35. The first-order valence-electron chi connectivity index (χ1n) is 4.95. The SMILES string of the molecule is O=C(O)c1ccc(Sc2ccc(O)cc2)cc1. The van der Waals surface area contributed by atoms with Crippen LogP contribution in [0.4, 0.5) is 0 Å². The molecule has 0 amide bonds. The summed E-state index contributed by atoms with van der Waals surface area (Å²) in [6.45, 7) is 0. The lowest BCUT2D eigenvalue weighted by molar-refractivity contribution is 0.0697. The second-order valence-electron chi connectivity index (χ2n) is 3.43. The monoisotopic (exact) mass is 246 g/mol. The highest BCUT2D eigenvalue weighted by Gasteiger charge is 2.02. The smallest absolute Gasteiger partial charge is 0.335 e. The average molecular weight is 246 g/mol. The van der Waals surface area contributed by atoms with Gasteiger partial charge >= 0.3 is 5.97 Å². The molecule has 0 aliphatic rings. The van der Waals surface area contributed by atoms with E-state index in [1.54, 1.807) is 36.4 Å². The summed E-state index contributed by atoms with van der Waals surface area (Å²) < 4.78 is 0. The minimum absolute atomic E-state index is 0.232. The molecule has 17 heavy (non-hydrogen) atoms. The molecule has 2 rings (SSSR count). The van der Waals surface area contributed by atoms with E-state index in [1.165, 1.54) is 11.8 Å². The zero-order chi connectivity index (χ0) is 12.3. The molecule has 0 bridgehead atoms. The minimum atomic E-state index is -0.925. The highest BCUT2D eigenvalue weighted by atomic mass is 32.2. The van der Waals surface area contributed by atoms with E-state index in [0.717, 1.165) is 9.79 Å². The van der Waals surface area contributed by atoms with Crippen molar-refractivity contribution in [3.8, 4) is 5.75 Å². The van der Waals surface area contributed by atoms with Gasteiger partial charge < -0.3 is 10.2 Å². The first-order valence-corrected chi connectivity index (χ1v) is 5.77. The van der Waals surface area contributed by atoms with Gasteiger partial charge in [-0.25, -0.2) is 4.79 Å². The van der Waals surface area contributed by atoms with Crippen LogP contribution in [0, 0.1) is 0 Å². The fourth-order valence-corrected chi connectivity index (χ4v) is 2.13. The van der Waals surface area contributed by atoms with Crippen molar-refractivity contribution in [2.75, 3.05) is 0 Å². The van der Waals surface area contributed by atoms with Crippen molar-refractivity contribution in [2.45, 2.75) is 9.79 Å². The van der Waals surface area contributed by atoms with Crippen molar-refractivity contribution in [3.63, 3.8) is 0 Å². The summed E-state index contributed by atoms with van der Waals surface area (Å²) >= 11 is 1.51. The predicted molar refractivity (Wildman–Crippen MR) is 65.6 cm³/mol. The van der Waals surface area contributed by atoms with Crippen molar-refractivity contribution in [2.24, 2.45) is 0 Å². The molecule has 0 saturated carbocycles. The number of aromatic hydroxyl groups is 1. The van der Waals surface area contributed by atoms with E-state index in [1.807, 2.05) is 12.1 Å². The van der Waals surface area contributed by atoms with Crippen LogP contribution in [-0.2, 0) is 0 Å². The molecule has 86 valence electrons. The number of carboxylic acids is 1. The van der Waals surface area contributed by atoms with Gasteiger partial charge in [0.1, 0.15) is 5.75 Å². The number of aromatic carboxylic acids is 1. The van der Waals surface area contributed by atoms with Gasteiger partial charge in [-0.2, -0.15) is 0 Å². The van der Waals surface area contributed by atoms with Crippen LogP contribution in [-0.4, -0.2) is 16.2 Å². The summed E-state index contributed by atoms with van der Waals surface area (Å²) in [5, 5.41) is 17.9. The average Bonchev–Trinajstić information content (AvgIpc) is 2.33. The molecule has 0 aliphatic carbocycles. The Morgan fingerprint density at radius 2 is 1.35 bits per heavy atom. The number of phenols is 1. The van der Waals surface area contributed by atoms with Gasteiger partial charge in [-0.05, 0) is 48.5 Å². The highest BCUT2D eigenvalue weighted by Crippen LogP contribution is 2.28. The molecule has 0 atom stereocenters. The topological polar surface area (TPSA) is 57.5 Å². The Balaban J connectivity index is 2.13. The number of phenolic OH excluding ortho intramolecular Hbond substituents is 1. The van der Waals surface area contributed by atoms with Gasteiger partial charge in [-0.15, -0.1) is 0 Å². The van der Waals surface area contributed by atoms with E-state index >= 15 is 0 Å². The number of benzene rings is 2. The highest BCUT2D eigenvalue weighted by molar-refractivity contribution is 7.99. The normalized spacial score (nSPS) is 10.1. The van der Waals surface area contributed by atoms with Gasteiger partial charge in [-0.3, -0.25) is 0 Å². The lowest BCUT2D eigenvalue weighted by Gasteiger charge is -2.02. The summed E-state index contributed by atoms with van der Waals surface area (Å²) in [4.78, 5) is 12.6. The zero-order valence-corrected chi connectivity index (χ0v) is 9.65. The Hall–Kier alpha value is -1.94. The minimum Gasteiger partial charge on any atom is -0.508 e. The maximum Gasteiger partial charge on any atom is 0.335 e. The number of carboxylic acid groups (broad SMARTS) is 1. The molecule has 2 N–H and O–H groups in total. The van der Waals surface area contributed by atoms with E-state index in [4.69, 9.17) is 10.2 Å². The van der Waals surface area contributed by atoms with Crippen LogP contribution in [0.25, 0.3) is 0 Å². The Labute approximate surface area is 103 Å². The number of hydrogen-bond acceptors (Lipinski definition) is 3. The molecule has 0 saturated heterocycles. The van der Waals surface area contributed by atoms with Crippen LogP contribution in [0.15, 0.2) is 58.3 Å². The van der Waals surface area contributed by atoms with E-state index in [9.17, 15) is 4.79 Å². The molecule has 0 unspecified atom stereocenters. The second kappa shape index (κ2) is 4.93. The summed E-state index contributed by atoms with van der Waals surface area (Å²) in [5.41, 5.74) is 0.278. The molecule has 0 heterocycles. The maximum atomic E-state index is 10.7. The summed E-state index contributed by atoms with van der Waals surface area (Å²) in [6.07, 6.45) is 0. The van der Waals surface area contributed by atoms with Crippen molar-refractivity contribution < 1.29 is 15.0 Å². The molecule has 2 aromatic carbocycles. The fourth-order valence-electron chi connectivity index (χ4n) is 1.32. The molecule has 2 aromatic rings. The molecular weight excluding hydrogens is 236 g/mol. The third-order valence-electron chi connectivity index (χ3n) is 2.17. The van der Waals surface area contributed by atoms with Crippen LogP contribution in [0.2, 0.25) is 0 Å². The van der Waals surface area contributed by atoms with Crippen LogP contribution in [0.3, 0.4) is 0 Å². The summed E-state index contributed by atoms with van der Waals surface area (Å²) in [6, 6.07) is 13.5. The first kappa shape index (κ1) is 11.5. The van der Waals surface area contributed by atoms with E-state index in [0.29, 0.717) is 0 Å². The molecular formula is C13H10O3S. The number of carbonyl (C=O) groups is 1. The van der Waals surface area contributed by atoms with Crippen LogP contribution < -0.4 is 0 Å². The largest absolute Gasteiger partial charge is 0.508 e. The van der Waals surface area contributed by atoms with Gasteiger partial charge in [0.15, 0.2) is 0 Å². The first-order chi connectivity index (χ1) is 8.15. The van der Waals surface area contributed by atoms with Gasteiger partial charge in [0.05, 0.1) is 5.56 Å².